The summed E-state index contributed by atoms with van der Waals surface area (Å²) in [5.74, 6) is -1.15. The minimum absolute atomic E-state index is 0.0878. The van der Waals surface area contributed by atoms with Crippen molar-refractivity contribution in [2.24, 2.45) is 5.92 Å². The highest BCUT2D eigenvalue weighted by Crippen LogP contribution is 2.27. The Morgan fingerprint density at radius 2 is 1.58 bits per heavy atom. The third-order valence-corrected chi connectivity index (χ3v) is 5.26. The maximum atomic E-state index is 13.0. The van der Waals surface area contributed by atoms with Crippen molar-refractivity contribution in [1.82, 2.24) is 0 Å². The summed E-state index contributed by atoms with van der Waals surface area (Å²) in [6, 6.07) is 19.1. The van der Waals surface area contributed by atoms with E-state index in [9.17, 15) is 18.8 Å². The van der Waals surface area contributed by atoms with Gasteiger partial charge in [0.05, 0.1) is 0 Å². The summed E-state index contributed by atoms with van der Waals surface area (Å²) >= 11 is 0. The molecule has 31 heavy (non-hydrogen) atoms. The first kappa shape index (κ1) is 20.5. The molecular formula is C25H20FNO4. The number of fused-ring (bicyclic) bond motifs is 1. The van der Waals surface area contributed by atoms with Gasteiger partial charge in [0, 0.05) is 29.2 Å². The lowest BCUT2D eigenvalue weighted by molar-refractivity contribution is -0.134. The Balaban J connectivity index is 1.31. The Morgan fingerprint density at radius 3 is 2.29 bits per heavy atom. The predicted octanol–water partition coefficient (Wildman–Crippen LogP) is 4.55. The standard InChI is InChI=1S/C25H20FNO4/c26-20-10-5-16(6-11-20)24(29)17-7-12-21(13-8-17)31-23(28)14-9-19-15-18-3-1-2-4-22(18)27-25(19)30/h1-8,10-13,19H,9,14-15H2,(H,27,30)/t19-/m0/s1. The van der Waals surface area contributed by atoms with Crippen LogP contribution >= 0.6 is 0 Å². The molecule has 0 unspecified atom stereocenters. The number of anilines is 1. The van der Waals surface area contributed by atoms with E-state index in [1.54, 1.807) is 12.1 Å². The van der Waals surface area contributed by atoms with Gasteiger partial charge in [-0.25, -0.2) is 4.39 Å². The van der Waals surface area contributed by atoms with Crippen molar-refractivity contribution in [2.75, 3.05) is 5.32 Å². The van der Waals surface area contributed by atoms with E-state index in [1.165, 1.54) is 36.4 Å². The Hall–Kier alpha value is -3.80. The number of halogens is 1. The second-order valence-electron chi connectivity index (χ2n) is 7.42. The molecule has 1 atom stereocenters. The summed E-state index contributed by atoms with van der Waals surface area (Å²) in [4.78, 5) is 36.9. The van der Waals surface area contributed by atoms with Crippen LogP contribution in [0.3, 0.4) is 0 Å². The van der Waals surface area contributed by atoms with Gasteiger partial charge in [-0.3, -0.25) is 14.4 Å². The van der Waals surface area contributed by atoms with Crippen LogP contribution in [0.4, 0.5) is 10.1 Å². The van der Waals surface area contributed by atoms with E-state index in [-0.39, 0.29) is 24.0 Å². The van der Waals surface area contributed by atoms with E-state index in [0.29, 0.717) is 29.7 Å². The number of rotatable bonds is 6. The molecule has 1 N–H and O–H groups in total. The quantitative estimate of drug-likeness (QED) is 0.363. The fraction of sp³-hybridized carbons (Fsp3) is 0.160. The van der Waals surface area contributed by atoms with Gasteiger partial charge in [0.15, 0.2) is 5.78 Å². The van der Waals surface area contributed by atoms with Crippen LogP contribution in [0, 0.1) is 11.7 Å². The molecule has 0 aromatic heterocycles. The fourth-order valence-corrected chi connectivity index (χ4v) is 3.56. The van der Waals surface area contributed by atoms with Crippen LogP contribution in [0.2, 0.25) is 0 Å². The maximum Gasteiger partial charge on any atom is 0.311 e. The van der Waals surface area contributed by atoms with Crippen molar-refractivity contribution in [3.05, 3.63) is 95.3 Å². The molecule has 156 valence electrons. The largest absolute Gasteiger partial charge is 0.427 e. The molecule has 0 bridgehead atoms. The first-order valence-corrected chi connectivity index (χ1v) is 9.99. The number of hydrogen-bond donors (Lipinski definition) is 1. The molecule has 0 spiro atoms. The second kappa shape index (κ2) is 8.92. The van der Waals surface area contributed by atoms with Gasteiger partial charge in [0.25, 0.3) is 0 Å². The van der Waals surface area contributed by atoms with Gasteiger partial charge in [-0.2, -0.15) is 0 Å². The first-order valence-electron chi connectivity index (χ1n) is 9.99. The third-order valence-electron chi connectivity index (χ3n) is 5.26. The zero-order valence-electron chi connectivity index (χ0n) is 16.6. The molecule has 1 heterocycles. The number of ketones is 1. The highest BCUT2D eigenvalue weighted by atomic mass is 19.1. The van der Waals surface area contributed by atoms with E-state index in [0.717, 1.165) is 11.3 Å². The lowest BCUT2D eigenvalue weighted by Crippen LogP contribution is -2.30. The highest BCUT2D eigenvalue weighted by Gasteiger charge is 2.26. The average Bonchev–Trinajstić information content (AvgIpc) is 2.78. The van der Waals surface area contributed by atoms with Crippen molar-refractivity contribution in [3.8, 4) is 5.75 Å². The van der Waals surface area contributed by atoms with Crippen molar-refractivity contribution in [3.63, 3.8) is 0 Å². The normalized spacial score (nSPS) is 15.0. The van der Waals surface area contributed by atoms with Gasteiger partial charge in [0.1, 0.15) is 11.6 Å². The summed E-state index contributed by atoms with van der Waals surface area (Å²) in [5.41, 5.74) is 2.66. The molecule has 0 saturated carbocycles. The molecule has 0 radical (unpaired) electrons. The molecule has 4 rings (SSSR count). The summed E-state index contributed by atoms with van der Waals surface area (Å²) in [5, 5.41) is 2.87. The Labute approximate surface area is 178 Å². The minimum Gasteiger partial charge on any atom is -0.427 e. The Kier molecular flexibility index (Phi) is 5.89. The van der Waals surface area contributed by atoms with Crippen molar-refractivity contribution in [2.45, 2.75) is 19.3 Å². The van der Waals surface area contributed by atoms with Gasteiger partial charge in [0.2, 0.25) is 5.91 Å². The highest BCUT2D eigenvalue weighted by molar-refractivity contribution is 6.09. The molecular weight excluding hydrogens is 397 g/mol. The van der Waals surface area contributed by atoms with Gasteiger partial charge in [-0.15, -0.1) is 0 Å². The predicted molar refractivity (Wildman–Crippen MR) is 113 cm³/mol. The summed E-state index contributed by atoms with van der Waals surface area (Å²) in [7, 11) is 0. The van der Waals surface area contributed by atoms with Crippen LogP contribution < -0.4 is 10.1 Å². The zero-order valence-corrected chi connectivity index (χ0v) is 16.6. The molecule has 5 nitrogen and oxygen atoms in total. The fourth-order valence-electron chi connectivity index (χ4n) is 3.56. The lowest BCUT2D eigenvalue weighted by Gasteiger charge is -2.24. The van der Waals surface area contributed by atoms with E-state index < -0.39 is 11.8 Å². The van der Waals surface area contributed by atoms with Crippen molar-refractivity contribution < 1.29 is 23.5 Å². The molecule has 1 aliphatic rings. The molecule has 6 heteroatoms. The van der Waals surface area contributed by atoms with Gasteiger partial charge in [-0.1, -0.05) is 18.2 Å². The van der Waals surface area contributed by atoms with E-state index >= 15 is 0 Å². The van der Waals surface area contributed by atoms with Crippen molar-refractivity contribution in [1.29, 1.82) is 0 Å². The molecule has 1 aliphatic heterocycles. The van der Waals surface area contributed by atoms with Crippen LogP contribution in [0.5, 0.6) is 5.75 Å². The number of amides is 1. The number of carbonyl (C=O) groups excluding carboxylic acids is 3. The Bertz CT molecular complexity index is 1120. The SMILES string of the molecule is O=C(CC[C@H]1Cc2ccccc2NC1=O)Oc1ccc(C(=O)c2ccc(F)cc2)cc1. The minimum atomic E-state index is -0.440. The van der Waals surface area contributed by atoms with Gasteiger partial charge >= 0.3 is 5.97 Å². The first-order chi connectivity index (χ1) is 15.0. The van der Waals surface area contributed by atoms with Gasteiger partial charge < -0.3 is 10.1 Å². The molecule has 0 aliphatic carbocycles. The molecule has 3 aromatic carbocycles. The third kappa shape index (κ3) is 4.86. The lowest BCUT2D eigenvalue weighted by atomic mass is 9.90. The van der Waals surface area contributed by atoms with Crippen LogP contribution in [0.15, 0.2) is 72.8 Å². The molecule has 0 fully saturated rings. The number of hydrogen-bond acceptors (Lipinski definition) is 4. The average molecular weight is 417 g/mol. The summed E-state index contributed by atoms with van der Waals surface area (Å²) in [6.45, 7) is 0. The zero-order chi connectivity index (χ0) is 21.8. The number of nitrogens with one attached hydrogen (secondary N) is 1. The van der Waals surface area contributed by atoms with Crippen molar-refractivity contribution >= 4 is 23.3 Å². The molecule has 3 aromatic rings. The van der Waals surface area contributed by atoms with E-state index in [4.69, 9.17) is 4.74 Å². The maximum absolute atomic E-state index is 13.0. The van der Waals surface area contributed by atoms with Crippen LogP contribution in [0.25, 0.3) is 0 Å². The van der Waals surface area contributed by atoms with E-state index in [2.05, 4.69) is 5.32 Å². The smallest absolute Gasteiger partial charge is 0.311 e. The van der Waals surface area contributed by atoms with E-state index in [1.807, 2.05) is 24.3 Å². The Morgan fingerprint density at radius 1 is 0.935 bits per heavy atom. The number of carbonyl (C=O) groups is 3. The molecule has 0 saturated heterocycles. The van der Waals surface area contributed by atoms with Crippen LogP contribution in [-0.2, 0) is 16.0 Å². The number of para-hydroxylation sites is 1. The summed E-state index contributed by atoms with van der Waals surface area (Å²) < 4.78 is 18.3. The summed E-state index contributed by atoms with van der Waals surface area (Å²) in [6.07, 6.45) is 1.09. The van der Waals surface area contributed by atoms with Gasteiger partial charge in [-0.05, 0) is 73.0 Å². The van der Waals surface area contributed by atoms with Crippen LogP contribution in [0.1, 0.15) is 34.3 Å². The number of ether oxygens (including phenoxy) is 1. The number of benzene rings is 3. The molecule has 1 amide bonds. The van der Waals surface area contributed by atoms with Crippen LogP contribution in [-0.4, -0.2) is 17.7 Å². The topological polar surface area (TPSA) is 72.5 Å². The number of esters is 1. The second-order valence-corrected chi connectivity index (χ2v) is 7.42. The monoisotopic (exact) mass is 417 g/mol.